The number of benzene rings is 1. The van der Waals surface area contributed by atoms with Gasteiger partial charge in [-0.05, 0) is 38.3 Å². The third-order valence-electron chi connectivity index (χ3n) is 3.95. The number of amides is 1. The van der Waals surface area contributed by atoms with Crippen LogP contribution in [0.4, 0.5) is 4.39 Å². The van der Waals surface area contributed by atoms with Gasteiger partial charge in [-0.3, -0.25) is 4.79 Å². The van der Waals surface area contributed by atoms with Crippen LogP contribution in [-0.4, -0.2) is 23.4 Å². The summed E-state index contributed by atoms with van der Waals surface area (Å²) in [5.74, 6) is -0.0626. The Kier molecular flexibility index (Phi) is 6.18. The van der Waals surface area contributed by atoms with Gasteiger partial charge in [0.1, 0.15) is 5.82 Å². The molecule has 2 N–H and O–H groups in total. The number of hydrogen-bond acceptors (Lipinski definition) is 2. The molecule has 2 rings (SSSR count). The smallest absolute Gasteiger partial charge is 0.223 e. The fourth-order valence-electron chi connectivity index (χ4n) is 2.53. The van der Waals surface area contributed by atoms with Gasteiger partial charge in [-0.25, -0.2) is 4.39 Å². The van der Waals surface area contributed by atoms with Crippen molar-refractivity contribution in [2.24, 2.45) is 5.73 Å². The quantitative estimate of drug-likeness (QED) is 0.710. The number of carbonyl (C=O) groups excluding carboxylic acids is 1. The van der Waals surface area contributed by atoms with E-state index in [0.29, 0.717) is 24.6 Å². The van der Waals surface area contributed by atoms with E-state index in [1.807, 2.05) is 11.0 Å². The van der Waals surface area contributed by atoms with Crippen molar-refractivity contribution >= 4 is 5.91 Å². The Morgan fingerprint density at radius 2 is 1.90 bits per heavy atom. The van der Waals surface area contributed by atoms with Crippen LogP contribution in [0, 0.1) is 5.82 Å². The van der Waals surface area contributed by atoms with Crippen LogP contribution in [0.2, 0.25) is 0 Å². The molecule has 1 amide bonds. The Morgan fingerprint density at radius 3 is 2.57 bits per heavy atom. The van der Waals surface area contributed by atoms with Crippen LogP contribution in [-0.2, 0) is 11.3 Å². The predicted octanol–water partition coefficient (Wildman–Crippen LogP) is 3.23. The number of unbranched alkanes of at least 4 members (excludes halogenated alkanes) is 3. The van der Waals surface area contributed by atoms with Crippen LogP contribution < -0.4 is 5.73 Å². The topological polar surface area (TPSA) is 46.3 Å². The molecule has 0 spiro atoms. The Bertz CT molecular complexity index is 460. The zero-order valence-electron chi connectivity index (χ0n) is 12.6. The summed E-state index contributed by atoms with van der Waals surface area (Å²) in [4.78, 5) is 14.2. The molecule has 0 atom stereocenters. The van der Waals surface area contributed by atoms with Crippen molar-refractivity contribution in [2.75, 3.05) is 6.54 Å². The van der Waals surface area contributed by atoms with Gasteiger partial charge < -0.3 is 10.6 Å². The number of nitrogens with zero attached hydrogens (tertiary/aromatic N) is 1. The number of hydrogen-bond donors (Lipinski definition) is 1. The molecular weight excluding hydrogens is 267 g/mol. The summed E-state index contributed by atoms with van der Waals surface area (Å²) < 4.78 is 13.7. The standard InChI is InChI=1S/C17H25FN2O/c18-16-8-5-4-7-14(16)13-20(15-10-11-15)17(21)9-3-1-2-6-12-19/h4-5,7-8,15H,1-3,6,9-13,19H2. The van der Waals surface area contributed by atoms with Crippen molar-refractivity contribution in [1.29, 1.82) is 0 Å². The normalized spacial score (nSPS) is 14.2. The first kappa shape index (κ1) is 16.0. The summed E-state index contributed by atoms with van der Waals surface area (Å²) in [5, 5.41) is 0. The average Bonchev–Trinajstić information content (AvgIpc) is 3.30. The van der Waals surface area contributed by atoms with Crippen LogP contribution in [0.1, 0.15) is 50.5 Å². The van der Waals surface area contributed by atoms with E-state index >= 15 is 0 Å². The summed E-state index contributed by atoms with van der Waals surface area (Å²) in [6.07, 6.45) is 6.72. The lowest BCUT2D eigenvalue weighted by Crippen LogP contribution is -2.32. The minimum atomic E-state index is -0.223. The van der Waals surface area contributed by atoms with Crippen molar-refractivity contribution in [3.63, 3.8) is 0 Å². The molecule has 0 saturated heterocycles. The van der Waals surface area contributed by atoms with Gasteiger partial charge in [-0.15, -0.1) is 0 Å². The summed E-state index contributed by atoms with van der Waals surface area (Å²) in [5.41, 5.74) is 6.07. The van der Waals surface area contributed by atoms with Crippen LogP contribution in [0.5, 0.6) is 0 Å². The first-order chi connectivity index (χ1) is 10.2. The summed E-state index contributed by atoms with van der Waals surface area (Å²) in [7, 11) is 0. The van der Waals surface area contributed by atoms with Crippen molar-refractivity contribution in [1.82, 2.24) is 4.90 Å². The lowest BCUT2D eigenvalue weighted by atomic mass is 10.1. The molecule has 21 heavy (non-hydrogen) atoms. The molecule has 1 aliphatic rings. The summed E-state index contributed by atoms with van der Waals surface area (Å²) >= 11 is 0. The van der Waals surface area contributed by atoms with Crippen LogP contribution in [0.15, 0.2) is 24.3 Å². The van der Waals surface area contributed by atoms with Gasteiger partial charge in [0.05, 0.1) is 0 Å². The molecule has 0 bridgehead atoms. The lowest BCUT2D eigenvalue weighted by Gasteiger charge is -2.23. The van der Waals surface area contributed by atoms with Crippen LogP contribution in [0.25, 0.3) is 0 Å². The van der Waals surface area contributed by atoms with Gasteiger partial charge in [0.25, 0.3) is 0 Å². The minimum Gasteiger partial charge on any atom is -0.335 e. The number of halogens is 1. The van der Waals surface area contributed by atoms with Gasteiger partial charge in [0.2, 0.25) is 5.91 Å². The highest BCUT2D eigenvalue weighted by molar-refractivity contribution is 5.76. The molecule has 0 heterocycles. The molecule has 0 radical (unpaired) electrons. The molecule has 1 fully saturated rings. The maximum absolute atomic E-state index is 13.7. The summed E-state index contributed by atoms with van der Waals surface area (Å²) in [6, 6.07) is 7.04. The molecule has 1 saturated carbocycles. The first-order valence-electron chi connectivity index (χ1n) is 7.95. The second-order valence-electron chi connectivity index (χ2n) is 5.80. The molecule has 1 aliphatic carbocycles. The zero-order valence-corrected chi connectivity index (χ0v) is 12.6. The van der Waals surface area contributed by atoms with Crippen LogP contribution >= 0.6 is 0 Å². The van der Waals surface area contributed by atoms with Crippen molar-refractivity contribution < 1.29 is 9.18 Å². The largest absolute Gasteiger partial charge is 0.335 e. The van der Waals surface area contributed by atoms with E-state index in [9.17, 15) is 9.18 Å². The molecule has 116 valence electrons. The fourth-order valence-corrected chi connectivity index (χ4v) is 2.53. The Balaban J connectivity index is 1.84. The second kappa shape index (κ2) is 8.13. The van der Waals surface area contributed by atoms with E-state index in [1.165, 1.54) is 6.07 Å². The highest BCUT2D eigenvalue weighted by Gasteiger charge is 2.32. The first-order valence-corrected chi connectivity index (χ1v) is 7.95. The minimum absolute atomic E-state index is 0.161. The van der Waals surface area contributed by atoms with E-state index in [2.05, 4.69) is 0 Å². The van der Waals surface area contributed by atoms with E-state index in [1.54, 1.807) is 12.1 Å². The fraction of sp³-hybridized carbons (Fsp3) is 0.588. The van der Waals surface area contributed by atoms with E-state index in [4.69, 9.17) is 5.73 Å². The molecule has 1 aromatic rings. The lowest BCUT2D eigenvalue weighted by molar-refractivity contribution is -0.132. The Labute approximate surface area is 126 Å². The van der Waals surface area contributed by atoms with Gasteiger partial charge >= 0.3 is 0 Å². The highest BCUT2D eigenvalue weighted by atomic mass is 19.1. The molecule has 3 nitrogen and oxygen atoms in total. The van der Waals surface area contributed by atoms with Crippen LogP contribution in [0.3, 0.4) is 0 Å². The summed E-state index contributed by atoms with van der Waals surface area (Å²) in [6.45, 7) is 1.12. The van der Waals surface area contributed by atoms with E-state index in [-0.39, 0.29) is 11.7 Å². The molecule has 4 heteroatoms. The van der Waals surface area contributed by atoms with Crippen molar-refractivity contribution in [3.8, 4) is 0 Å². The molecule has 1 aromatic carbocycles. The van der Waals surface area contributed by atoms with Gasteiger partial charge in [0, 0.05) is 24.6 Å². The molecular formula is C17H25FN2O. The number of rotatable bonds is 9. The molecule has 0 unspecified atom stereocenters. The maximum Gasteiger partial charge on any atom is 0.223 e. The average molecular weight is 292 g/mol. The van der Waals surface area contributed by atoms with Crippen molar-refractivity contribution in [2.45, 2.75) is 57.5 Å². The molecule has 0 aliphatic heterocycles. The van der Waals surface area contributed by atoms with Gasteiger partial charge in [-0.1, -0.05) is 31.0 Å². The van der Waals surface area contributed by atoms with Gasteiger partial charge in [-0.2, -0.15) is 0 Å². The van der Waals surface area contributed by atoms with E-state index < -0.39 is 0 Å². The third-order valence-corrected chi connectivity index (χ3v) is 3.95. The second-order valence-corrected chi connectivity index (χ2v) is 5.80. The number of carbonyl (C=O) groups is 1. The SMILES string of the molecule is NCCCCCCC(=O)N(Cc1ccccc1F)C1CC1. The third kappa shape index (κ3) is 5.12. The predicted molar refractivity (Wildman–Crippen MR) is 82.1 cm³/mol. The molecule has 0 aromatic heterocycles. The Morgan fingerprint density at radius 1 is 1.19 bits per heavy atom. The van der Waals surface area contributed by atoms with E-state index in [0.717, 1.165) is 45.1 Å². The zero-order chi connectivity index (χ0) is 15.1. The van der Waals surface area contributed by atoms with Crippen molar-refractivity contribution in [3.05, 3.63) is 35.6 Å². The maximum atomic E-state index is 13.7. The van der Waals surface area contributed by atoms with Gasteiger partial charge in [0.15, 0.2) is 0 Å². The Hall–Kier alpha value is -1.42. The number of nitrogens with two attached hydrogens (primary N) is 1. The monoisotopic (exact) mass is 292 g/mol. The highest BCUT2D eigenvalue weighted by Crippen LogP contribution is 2.29.